The molecule has 1 saturated heterocycles. The molecule has 2 aromatic heterocycles. The molecule has 224 valence electrons. The fourth-order valence-corrected chi connectivity index (χ4v) is 4.46. The van der Waals surface area contributed by atoms with Gasteiger partial charge in [-0.05, 0) is 75.8 Å². The Labute approximate surface area is 250 Å². The number of aromatic nitrogens is 4. The van der Waals surface area contributed by atoms with Gasteiger partial charge in [0, 0.05) is 24.2 Å². The van der Waals surface area contributed by atoms with Crippen molar-refractivity contribution >= 4 is 29.5 Å². The number of ether oxygens (including phenoxy) is 1. The van der Waals surface area contributed by atoms with Gasteiger partial charge < -0.3 is 20.3 Å². The van der Waals surface area contributed by atoms with Crippen LogP contribution in [0.25, 0.3) is 0 Å². The van der Waals surface area contributed by atoms with Crippen LogP contribution >= 0.6 is 0 Å². The molecule has 2 N–H and O–H groups in total. The third kappa shape index (κ3) is 8.69. The zero-order valence-electron chi connectivity index (χ0n) is 24.2. The van der Waals surface area contributed by atoms with Crippen LogP contribution in [-0.4, -0.2) is 56.8 Å². The number of carbonyl (C=O) groups excluding carboxylic acids is 2. The van der Waals surface area contributed by atoms with Crippen LogP contribution in [0.1, 0.15) is 31.4 Å². The predicted octanol–water partition coefficient (Wildman–Crippen LogP) is 5.24. The van der Waals surface area contributed by atoms with Gasteiger partial charge in [0.2, 0.25) is 11.9 Å². The van der Waals surface area contributed by atoms with Crippen LogP contribution in [0.3, 0.4) is 0 Å². The summed E-state index contributed by atoms with van der Waals surface area (Å²) < 4.78 is 20.9. The van der Waals surface area contributed by atoms with Gasteiger partial charge in [0.25, 0.3) is 0 Å². The number of hydrogen-bond donors (Lipinski definition) is 2. The molecule has 0 atom stereocenters. The topological polar surface area (TPSA) is 118 Å². The zero-order chi connectivity index (χ0) is 30.8. The SMILES string of the molecule is C=C/C=C(\C=C(/C)NC(=O)C=C)N(C(=O)OCc1ccc(F)cc1)c1ccnc(Nc2cnn(C3CCN(C)CC3)c2)n1. The monoisotopic (exact) mass is 586 g/mol. The lowest BCUT2D eigenvalue weighted by Gasteiger charge is -2.28. The van der Waals surface area contributed by atoms with E-state index in [0.29, 0.717) is 28.7 Å². The number of nitrogens with zero attached hydrogens (tertiary/aromatic N) is 6. The number of halogens is 1. The molecule has 43 heavy (non-hydrogen) atoms. The highest BCUT2D eigenvalue weighted by Gasteiger charge is 2.24. The highest BCUT2D eigenvalue weighted by Crippen LogP contribution is 2.25. The molecular weight excluding hydrogens is 551 g/mol. The molecule has 2 amide bonds. The van der Waals surface area contributed by atoms with E-state index in [4.69, 9.17) is 4.74 Å². The largest absolute Gasteiger partial charge is 0.444 e. The summed E-state index contributed by atoms with van der Waals surface area (Å²) in [4.78, 5) is 37.9. The molecule has 0 unspecified atom stereocenters. The van der Waals surface area contributed by atoms with Crippen LogP contribution in [0, 0.1) is 5.82 Å². The highest BCUT2D eigenvalue weighted by molar-refractivity contribution is 5.92. The molecule has 0 bridgehead atoms. The Kier molecular flexibility index (Phi) is 10.5. The highest BCUT2D eigenvalue weighted by atomic mass is 19.1. The summed E-state index contributed by atoms with van der Waals surface area (Å²) >= 11 is 0. The zero-order valence-corrected chi connectivity index (χ0v) is 24.2. The number of nitrogens with one attached hydrogen (secondary N) is 2. The van der Waals surface area contributed by atoms with Gasteiger partial charge in [-0.3, -0.25) is 9.48 Å². The number of carbonyl (C=O) groups is 2. The maximum atomic E-state index is 13.6. The number of anilines is 3. The van der Waals surface area contributed by atoms with Crippen LogP contribution in [0.2, 0.25) is 0 Å². The average molecular weight is 587 g/mol. The van der Waals surface area contributed by atoms with Crippen LogP contribution in [-0.2, 0) is 16.1 Å². The third-order valence-electron chi connectivity index (χ3n) is 6.66. The van der Waals surface area contributed by atoms with Crippen molar-refractivity contribution in [3.8, 4) is 0 Å². The Hall–Kier alpha value is -5.10. The summed E-state index contributed by atoms with van der Waals surface area (Å²) in [5, 5.41) is 10.3. The third-order valence-corrected chi connectivity index (χ3v) is 6.66. The molecule has 3 heterocycles. The van der Waals surface area contributed by atoms with Crippen molar-refractivity contribution in [2.24, 2.45) is 0 Å². The smallest absolute Gasteiger partial charge is 0.420 e. The van der Waals surface area contributed by atoms with Crippen molar-refractivity contribution in [1.29, 1.82) is 0 Å². The van der Waals surface area contributed by atoms with E-state index in [-0.39, 0.29) is 18.4 Å². The molecule has 4 rings (SSSR count). The Morgan fingerprint density at radius 1 is 1.19 bits per heavy atom. The molecule has 0 saturated carbocycles. The number of rotatable bonds is 11. The van der Waals surface area contributed by atoms with Gasteiger partial charge in [-0.1, -0.05) is 31.4 Å². The van der Waals surface area contributed by atoms with E-state index < -0.39 is 17.8 Å². The summed E-state index contributed by atoms with van der Waals surface area (Å²) in [6.07, 6.45) is 12.2. The fraction of sp³-hybridized carbons (Fsp3) is 0.258. The van der Waals surface area contributed by atoms with E-state index in [1.807, 2.05) is 10.9 Å². The van der Waals surface area contributed by atoms with E-state index in [0.717, 1.165) is 32.0 Å². The summed E-state index contributed by atoms with van der Waals surface area (Å²) in [6.45, 7) is 10.8. The van der Waals surface area contributed by atoms with E-state index in [1.54, 1.807) is 31.3 Å². The first-order valence-corrected chi connectivity index (χ1v) is 13.7. The Morgan fingerprint density at radius 2 is 1.93 bits per heavy atom. The van der Waals surface area contributed by atoms with Crippen molar-refractivity contribution in [2.45, 2.75) is 32.4 Å². The molecular formula is C31H35FN8O3. The Morgan fingerprint density at radius 3 is 2.63 bits per heavy atom. The lowest BCUT2D eigenvalue weighted by molar-refractivity contribution is -0.115. The second kappa shape index (κ2) is 14.7. The van der Waals surface area contributed by atoms with Gasteiger partial charge in [-0.15, -0.1) is 0 Å². The average Bonchev–Trinajstić information content (AvgIpc) is 3.46. The van der Waals surface area contributed by atoms with Gasteiger partial charge in [-0.2, -0.15) is 10.1 Å². The molecule has 1 aliphatic rings. The van der Waals surface area contributed by atoms with Gasteiger partial charge in [0.1, 0.15) is 18.2 Å². The predicted molar refractivity (Wildman–Crippen MR) is 163 cm³/mol. The number of piperidine rings is 1. The Balaban J connectivity index is 1.60. The molecule has 12 heteroatoms. The van der Waals surface area contributed by atoms with Crippen LogP contribution in [0.5, 0.6) is 0 Å². The molecule has 3 aromatic rings. The van der Waals surface area contributed by atoms with E-state index >= 15 is 0 Å². The van der Waals surface area contributed by atoms with Crippen LogP contribution in [0.15, 0.2) is 97.8 Å². The minimum atomic E-state index is -0.767. The van der Waals surface area contributed by atoms with Gasteiger partial charge in [0.05, 0.1) is 23.6 Å². The van der Waals surface area contributed by atoms with E-state index in [1.165, 1.54) is 41.4 Å². The van der Waals surface area contributed by atoms with Crippen molar-refractivity contribution in [3.63, 3.8) is 0 Å². The van der Waals surface area contributed by atoms with Crippen molar-refractivity contribution in [1.82, 2.24) is 30.0 Å². The lowest BCUT2D eigenvalue weighted by atomic mass is 10.1. The first-order valence-electron chi connectivity index (χ1n) is 13.7. The van der Waals surface area contributed by atoms with E-state index in [2.05, 4.69) is 50.8 Å². The number of allylic oxidation sites excluding steroid dienone is 4. The molecule has 11 nitrogen and oxygen atoms in total. The van der Waals surface area contributed by atoms with Crippen LogP contribution in [0.4, 0.5) is 26.6 Å². The maximum absolute atomic E-state index is 13.6. The quantitative estimate of drug-likeness (QED) is 0.231. The molecule has 1 aromatic carbocycles. The second-order valence-corrected chi connectivity index (χ2v) is 9.97. The van der Waals surface area contributed by atoms with Gasteiger partial charge in [0.15, 0.2) is 0 Å². The van der Waals surface area contributed by atoms with Crippen molar-refractivity contribution < 1.29 is 18.7 Å². The Bertz CT molecular complexity index is 1510. The minimum Gasteiger partial charge on any atom is -0.444 e. The fourth-order valence-electron chi connectivity index (χ4n) is 4.46. The van der Waals surface area contributed by atoms with Gasteiger partial charge in [-0.25, -0.2) is 19.1 Å². The first-order chi connectivity index (χ1) is 20.7. The molecule has 0 aliphatic carbocycles. The summed E-state index contributed by atoms with van der Waals surface area (Å²) in [7, 11) is 2.11. The number of amides is 2. The number of hydrogen-bond acceptors (Lipinski definition) is 8. The van der Waals surface area contributed by atoms with Crippen molar-refractivity contribution in [3.05, 3.63) is 109 Å². The molecule has 1 fully saturated rings. The number of benzene rings is 1. The standard InChI is InChI=1S/C31H35FN8O3/c1-5-7-27(18-22(3)35-29(41)6-2)40(31(42)43-21-23-8-10-24(32)11-9-23)28-12-15-33-30(37-28)36-25-19-34-39(20-25)26-13-16-38(4)17-14-26/h5-12,15,18-20,26H,1-2,13-14,16-17,21H2,3-4H3,(H,35,41)(H,33,36,37)/b22-18+,27-7+. The summed E-state index contributed by atoms with van der Waals surface area (Å²) in [5.74, 6) is -0.383. The summed E-state index contributed by atoms with van der Waals surface area (Å²) in [6, 6.07) is 7.50. The molecule has 0 radical (unpaired) electrons. The molecule has 0 spiro atoms. The normalized spacial score (nSPS) is 14.6. The lowest BCUT2D eigenvalue weighted by Crippen LogP contribution is -2.32. The first kappa shape index (κ1) is 30.8. The van der Waals surface area contributed by atoms with Gasteiger partial charge >= 0.3 is 6.09 Å². The second-order valence-electron chi connectivity index (χ2n) is 9.97. The molecule has 1 aliphatic heterocycles. The van der Waals surface area contributed by atoms with Crippen molar-refractivity contribution in [2.75, 3.05) is 30.4 Å². The summed E-state index contributed by atoms with van der Waals surface area (Å²) in [5.41, 5.74) is 2.04. The van der Waals surface area contributed by atoms with E-state index in [9.17, 15) is 14.0 Å². The number of likely N-dealkylation sites (tertiary alicyclic amines) is 1. The maximum Gasteiger partial charge on any atom is 0.420 e. The van der Waals surface area contributed by atoms with Crippen LogP contribution < -0.4 is 15.5 Å². The minimum absolute atomic E-state index is 0.112.